The largest absolute Gasteiger partial charge is 0.477 e. The van der Waals surface area contributed by atoms with E-state index in [1.165, 1.54) is 34.5 Å². The van der Waals surface area contributed by atoms with Gasteiger partial charge in [-0.3, -0.25) is 14.5 Å². The van der Waals surface area contributed by atoms with Gasteiger partial charge in [0.15, 0.2) is 10.8 Å². The summed E-state index contributed by atoms with van der Waals surface area (Å²) in [4.78, 5) is 48.5. The Kier molecular flexibility index (Phi) is 8.45. The number of anilines is 1. The van der Waals surface area contributed by atoms with Crippen LogP contribution in [0.2, 0.25) is 0 Å². The minimum Gasteiger partial charge on any atom is -0.477 e. The first kappa shape index (κ1) is 26.6. The van der Waals surface area contributed by atoms with Gasteiger partial charge in [0.25, 0.3) is 11.8 Å². The number of aryl methyl sites for hydroxylation is 1. The fraction of sp³-hybridized carbons (Fsp3) is 0.400. The predicted molar refractivity (Wildman–Crippen MR) is 138 cm³/mol. The molecule has 2 unspecified atom stereocenters. The molecule has 17 heteroatoms. The molecule has 2 amide bonds. The summed E-state index contributed by atoms with van der Waals surface area (Å²) in [5, 5.41) is 29.7. The number of carboxylic acid groups (broad SMARTS) is 1. The van der Waals surface area contributed by atoms with Crippen LogP contribution in [-0.2, 0) is 25.8 Å². The molecule has 2 aromatic heterocycles. The van der Waals surface area contributed by atoms with Crippen LogP contribution in [0, 0.1) is 0 Å². The number of nitrogens with two attached hydrogens (primary N) is 1. The zero-order chi connectivity index (χ0) is 26.5. The highest BCUT2D eigenvalue weighted by atomic mass is 32.2. The number of oxime groups is 1. The van der Waals surface area contributed by atoms with Crippen LogP contribution in [0.1, 0.15) is 19.0 Å². The molecular weight excluding hydrogens is 542 g/mol. The molecule has 1 fully saturated rings. The third-order valence-electron chi connectivity index (χ3n) is 5.17. The van der Waals surface area contributed by atoms with Crippen LogP contribution in [0.3, 0.4) is 0 Å². The molecule has 0 radical (unpaired) electrons. The van der Waals surface area contributed by atoms with Crippen LogP contribution in [0.25, 0.3) is 0 Å². The number of carboxylic acids is 1. The molecule has 1 saturated heterocycles. The Balaban J connectivity index is 1.48. The lowest BCUT2D eigenvalue weighted by molar-refractivity contribution is -0.150. The molecule has 0 saturated carbocycles. The molecule has 2 aliphatic heterocycles. The average Bonchev–Trinajstić information content (AvgIpc) is 3.51. The second kappa shape index (κ2) is 11.7. The lowest BCUT2D eigenvalue weighted by atomic mass is 10.0. The van der Waals surface area contributed by atoms with Crippen molar-refractivity contribution in [1.82, 2.24) is 35.4 Å². The van der Waals surface area contributed by atoms with Gasteiger partial charge in [0.1, 0.15) is 29.4 Å². The minimum atomic E-state index is -1.22. The Morgan fingerprint density at radius 2 is 2.30 bits per heavy atom. The molecule has 4 heterocycles. The smallest absolute Gasteiger partial charge is 0.352 e. The second-order valence-corrected chi connectivity index (χ2v) is 10.6. The number of thioether (sulfide) groups is 2. The van der Waals surface area contributed by atoms with Crippen molar-refractivity contribution in [3.05, 3.63) is 35.0 Å². The van der Waals surface area contributed by atoms with E-state index < -0.39 is 29.2 Å². The van der Waals surface area contributed by atoms with Crippen LogP contribution >= 0.6 is 34.9 Å². The number of nitrogen functional groups attached to an aromatic ring is 1. The third kappa shape index (κ3) is 5.62. The van der Waals surface area contributed by atoms with Gasteiger partial charge in [-0.15, -0.1) is 28.2 Å². The molecule has 4 rings (SSSR count). The summed E-state index contributed by atoms with van der Waals surface area (Å²) < 4.78 is 1.65. The zero-order valence-corrected chi connectivity index (χ0v) is 22.0. The molecule has 196 valence electrons. The number of thiazole rings is 1. The summed E-state index contributed by atoms with van der Waals surface area (Å²) in [6.07, 6.45) is 2.30. The third-order valence-corrected chi connectivity index (χ3v) is 8.23. The van der Waals surface area contributed by atoms with E-state index in [9.17, 15) is 19.5 Å². The van der Waals surface area contributed by atoms with Gasteiger partial charge >= 0.3 is 5.97 Å². The second-order valence-electron chi connectivity index (χ2n) is 7.69. The normalized spacial score (nSPS) is 19.3. The van der Waals surface area contributed by atoms with E-state index in [4.69, 9.17) is 10.6 Å². The van der Waals surface area contributed by atoms with Crippen LogP contribution in [0.15, 0.2) is 39.6 Å². The number of amides is 2. The zero-order valence-electron chi connectivity index (χ0n) is 19.6. The number of nitrogens with zero attached hydrogens (tertiary/aromatic N) is 7. The van der Waals surface area contributed by atoms with Crippen LogP contribution in [-0.4, -0.2) is 88.2 Å². The fourth-order valence-corrected chi connectivity index (χ4v) is 6.50. The molecule has 0 aliphatic carbocycles. The van der Waals surface area contributed by atoms with E-state index in [1.54, 1.807) is 10.1 Å². The number of fused-ring (bicyclic) bond motifs is 1. The summed E-state index contributed by atoms with van der Waals surface area (Å²) >= 11 is 3.79. The van der Waals surface area contributed by atoms with Crippen LogP contribution < -0.4 is 11.1 Å². The summed E-state index contributed by atoms with van der Waals surface area (Å²) in [5.74, 6) is -1.79. The Morgan fingerprint density at radius 3 is 2.97 bits per heavy atom. The van der Waals surface area contributed by atoms with E-state index >= 15 is 0 Å². The SMILES string of the molecule is C=CCO/N=C(/C(=O)NC1C(=O)N2C(C(=O)O)=C(CSc3nnnn3CCC)CSC12)c1csc(N)n1. The van der Waals surface area contributed by atoms with Gasteiger partial charge in [0, 0.05) is 23.4 Å². The maximum atomic E-state index is 13.0. The Bertz CT molecular complexity index is 1270. The molecule has 37 heavy (non-hydrogen) atoms. The number of aromatic nitrogens is 5. The Labute approximate surface area is 223 Å². The molecule has 0 spiro atoms. The topological polar surface area (TPSA) is 191 Å². The minimum absolute atomic E-state index is 0.0589. The summed E-state index contributed by atoms with van der Waals surface area (Å²) in [7, 11) is 0. The molecule has 0 aromatic carbocycles. The van der Waals surface area contributed by atoms with Gasteiger partial charge in [-0.05, 0) is 22.4 Å². The number of carbonyl (C=O) groups excluding carboxylic acids is 2. The molecule has 2 atom stereocenters. The van der Waals surface area contributed by atoms with Gasteiger partial charge in [0.2, 0.25) is 5.16 Å². The van der Waals surface area contributed by atoms with Crippen molar-refractivity contribution in [3.8, 4) is 0 Å². The quantitative estimate of drug-likeness (QED) is 0.0810. The molecular formula is C20H23N9O5S3. The fourth-order valence-electron chi connectivity index (χ4n) is 3.56. The number of carbonyl (C=O) groups is 3. The van der Waals surface area contributed by atoms with E-state index in [0.717, 1.165) is 17.8 Å². The van der Waals surface area contributed by atoms with Crippen LogP contribution in [0.4, 0.5) is 5.13 Å². The van der Waals surface area contributed by atoms with Crippen molar-refractivity contribution in [2.75, 3.05) is 23.8 Å². The van der Waals surface area contributed by atoms with Gasteiger partial charge in [-0.25, -0.2) is 14.5 Å². The first-order valence-electron chi connectivity index (χ1n) is 11.0. The number of β-lactam (4-membered cyclic amide) rings is 1. The molecule has 2 aliphatic rings. The molecule has 2 aromatic rings. The van der Waals surface area contributed by atoms with E-state index in [0.29, 0.717) is 28.8 Å². The Hall–Kier alpha value is -3.44. The number of nitrogens with one attached hydrogen (secondary N) is 1. The van der Waals surface area contributed by atoms with Crippen molar-refractivity contribution < 1.29 is 24.3 Å². The van der Waals surface area contributed by atoms with Gasteiger partial charge in [0.05, 0.1) is 0 Å². The first-order valence-corrected chi connectivity index (χ1v) is 13.9. The van der Waals surface area contributed by atoms with Gasteiger partial charge in [-0.2, -0.15) is 0 Å². The number of rotatable bonds is 12. The van der Waals surface area contributed by atoms with Gasteiger partial charge in [-0.1, -0.05) is 36.5 Å². The van der Waals surface area contributed by atoms with E-state index in [-0.39, 0.29) is 28.8 Å². The maximum Gasteiger partial charge on any atom is 0.352 e. The standard InChI is InChI=1S/C20H23N9O5S3/c1-3-5-28-20(24-26-27-28)37-8-10-7-35-17-13(16(31)29(17)14(10)18(32)33)23-15(30)12(25-34-6-4-2)11-9-36-19(21)22-11/h4,9,13,17H,2-3,5-8H2,1H3,(H2,21,22)(H,23,30)(H,32,33)/b25-12+. The van der Waals surface area contributed by atoms with E-state index in [2.05, 4.69) is 37.6 Å². The summed E-state index contributed by atoms with van der Waals surface area (Å²) in [6.45, 7) is 6.22. The van der Waals surface area contributed by atoms with Crippen molar-refractivity contribution in [3.63, 3.8) is 0 Å². The highest BCUT2D eigenvalue weighted by Crippen LogP contribution is 2.41. The maximum absolute atomic E-state index is 13.0. The predicted octanol–water partition coefficient (Wildman–Crippen LogP) is 0.559. The molecule has 14 nitrogen and oxygen atoms in total. The van der Waals surface area contributed by atoms with Crippen molar-refractivity contribution in [1.29, 1.82) is 0 Å². The highest BCUT2D eigenvalue weighted by molar-refractivity contribution is 8.01. The lowest BCUT2D eigenvalue weighted by Crippen LogP contribution is -2.71. The number of hydrogen-bond donors (Lipinski definition) is 3. The summed E-state index contributed by atoms with van der Waals surface area (Å²) in [6, 6.07) is -0.946. The average molecular weight is 566 g/mol. The van der Waals surface area contributed by atoms with Gasteiger partial charge < -0.3 is 21.0 Å². The Morgan fingerprint density at radius 1 is 1.49 bits per heavy atom. The lowest BCUT2D eigenvalue weighted by Gasteiger charge is -2.49. The van der Waals surface area contributed by atoms with Crippen molar-refractivity contribution >= 4 is 63.5 Å². The summed E-state index contributed by atoms with van der Waals surface area (Å²) in [5.41, 5.74) is 6.20. The number of aliphatic carboxylic acids is 1. The van der Waals surface area contributed by atoms with Crippen molar-refractivity contribution in [2.24, 2.45) is 5.16 Å². The molecule has 0 bridgehead atoms. The molecule has 4 N–H and O–H groups in total. The van der Waals surface area contributed by atoms with Crippen molar-refractivity contribution in [2.45, 2.75) is 36.5 Å². The first-order chi connectivity index (χ1) is 17.8. The number of tetrazole rings is 1. The monoisotopic (exact) mass is 565 g/mol. The van der Waals surface area contributed by atoms with E-state index in [1.807, 2.05) is 6.92 Å². The van der Waals surface area contributed by atoms with Crippen LogP contribution in [0.5, 0.6) is 0 Å². The highest BCUT2D eigenvalue weighted by Gasteiger charge is 2.54. The number of hydrogen-bond acceptors (Lipinski definition) is 13.